The molecule has 0 heterocycles. The second-order valence-electron chi connectivity index (χ2n) is 8.75. The molecule has 6 aromatic rings. The number of phenolic OH excluding ortho intramolecular Hbond substituents is 2. The van der Waals surface area contributed by atoms with Gasteiger partial charge in [0.1, 0.15) is 11.5 Å². The van der Waals surface area contributed by atoms with Gasteiger partial charge in [-0.15, -0.1) is 0 Å². The summed E-state index contributed by atoms with van der Waals surface area (Å²) in [5, 5.41) is 18.2. The zero-order chi connectivity index (χ0) is 27.0. The van der Waals surface area contributed by atoms with Crippen LogP contribution < -0.4 is 0 Å². The van der Waals surface area contributed by atoms with Crippen LogP contribution in [0.25, 0.3) is 22.3 Å². The molecule has 0 aliphatic carbocycles. The minimum Gasteiger partial charge on any atom is -0.508 e. The van der Waals surface area contributed by atoms with Crippen molar-refractivity contribution in [1.29, 1.82) is 0 Å². The Morgan fingerprint density at radius 2 is 0.615 bits per heavy atom. The van der Waals surface area contributed by atoms with E-state index >= 15 is 0 Å². The Hall–Kier alpha value is -3.94. The Bertz CT molecular complexity index is 1270. The molecule has 2 N–H and O–H groups in total. The first-order chi connectivity index (χ1) is 18.5. The summed E-state index contributed by atoms with van der Waals surface area (Å²) in [5.41, 5.74) is 7.27. The molecule has 0 atom stereocenters. The third-order valence-electron chi connectivity index (χ3n) is 5.61. The van der Waals surface area contributed by atoms with E-state index in [-0.39, 0.29) is 26.2 Å². The van der Waals surface area contributed by atoms with Gasteiger partial charge in [0.2, 0.25) is 0 Å². The molecule has 2 nitrogen and oxygen atoms in total. The summed E-state index contributed by atoms with van der Waals surface area (Å²) >= 11 is 0. The summed E-state index contributed by atoms with van der Waals surface area (Å²) in [6.07, 6.45) is 0. The zero-order valence-corrected chi connectivity index (χ0v) is 24.9. The van der Waals surface area contributed by atoms with Crippen LogP contribution in [0.5, 0.6) is 11.5 Å². The fourth-order valence-corrected chi connectivity index (χ4v) is 3.51. The van der Waals surface area contributed by atoms with Gasteiger partial charge in [0, 0.05) is 0 Å². The quantitative estimate of drug-likeness (QED) is 0.198. The van der Waals surface area contributed by atoms with Gasteiger partial charge in [-0.1, -0.05) is 98.8 Å². The second kappa shape index (κ2) is 17.5. The number of aromatic hydroxyl groups is 2. The summed E-state index contributed by atoms with van der Waals surface area (Å²) in [7, 11) is 0. The van der Waals surface area contributed by atoms with Gasteiger partial charge in [0.05, 0.1) is 0 Å². The molecule has 0 aromatic heterocycles. The summed E-state index contributed by atoms with van der Waals surface area (Å²) in [5.74, 6) is 0.611. The van der Waals surface area contributed by atoms with E-state index < -0.39 is 0 Å². The Kier molecular flexibility index (Phi) is 14.1. The van der Waals surface area contributed by atoms with Crippen molar-refractivity contribution in [3.63, 3.8) is 0 Å². The van der Waals surface area contributed by atoms with Gasteiger partial charge < -0.3 is 10.2 Å². The van der Waals surface area contributed by atoms with Crippen molar-refractivity contribution in [1.82, 2.24) is 0 Å². The molecular formula is C36H34O2Zr. The molecule has 3 heteroatoms. The normalized spacial score (nSPS) is 9.28. The molecule has 0 unspecified atom stereocenters. The largest absolute Gasteiger partial charge is 2.00 e. The van der Waals surface area contributed by atoms with E-state index in [0.29, 0.717) is 11.5 Å². The fraction of sp³-hybridized carbons (Fsp3) is 0.0556. The second-order valence-corrected chi connectivity index (χ2v) is 8.75. The predicted molar refractivity (Wildman–Crippen MR) is 161 cm³/mol. The van der Waals surface area contributed by atoms with Crippen LogP contribution in [0.3, 0.4) is 0 Å². The van der Waals surface area contributed by atoms with E-state index in [2.05, 4.69) is 38.1 Å². The average molecular weight is 590 g/mol. The predicted octanol–water partition coefficient (Wildman–Crippen LogP) is 9.54. The molecule has 0 fully saturated rings. The van der Waals surface area contributed by atoms with Crippen molar-refractivity contribution < 1.29 is 36.4 Å². The molecule has 0 saturated heterocycles. The number of benzene rings is 4. The van der Waals surface area contributed by atoms with Crippen molar-refractivity contribution in [2.24, 2.45) is 0 Å². The Balaban J connectivity index is 0.000000192. The minimum absolute atomic E-state index is 0. The molecular weight excluding hydrogens is 556 g/mol. The van der Waals surface area contributed by atoms with Crippen molar-refractivity contribution in [3.05, 3.63) is 169 Å². The molecule has 6 rings (SSSR count). The third-order valence-corrected chi connectivity index (χ3v) is 5.61. The van der Waals surface area contributed by atoms with Gasteiger partial charge in [-0.05, 0) is 46.5 Å². The van der Waals surface area contributed by atoms with Crippen molar-refractivity contribution >= 4 is 0 Å². The SMILES string of the molecule is C[c-]1cccc1.C[c-]1cccc1.Oc1ccc(-c2ccccc2)cc1.Oc1ccc(-c2ccccc2)cc1.[Zr+2]. The minimum atomic E-state index is 0. The van der Waals surface area contributed by atoms with Crippen molar-refractivity contribution in [3.8, 4) is 33.8 Å². The smallest absolute Gasteiger partial charge is 0.508 e. The fourth-order valence-electron chi connectivity index (χ4n) is 3.51. The first-order valence-corrected chi connectivity index (χ1v) is 12.6. The van der Waals surface area contributed by atoms with Gasteiger partial charge in [0.25, 0.3) is 0 Å². The first kappa shape index (κ1) is 31.3. The van der Waals surface area contributed by atoms with Crippen LogP contribution in [0.15, 0.2) is 158 Å². The molecule has 0 spiro atoms. The van der Waals surface area contributed by atoms with E-state index in [1.165, 1.54) is 22.3 Å². The molecule has 194 valence electrons. The van der Waals surface area contributed by atoms with Crippen LogP contribution >= 0.6 is 0 Å². The number of hydrogen-bond acceptors (Lipinski definition) is 2. The number of hydrogen-bond donors (Lipinski definition) is 2. The molecule has 0 bridgehead atoms. The Labute approximate surface area is 251 Å². The standard InChI is InChI=1S/2C12H10O.2C6H7.Zr/c2*13-12-8-6-11(7-9-12)10-4-2-1-3-5-10;2*1-6-4-2-3-5-6;/h2*1-9,13H;2*2-5H,1H3;/q;;2*-1;+2. The van der Waals surface area contributed by atoms with Crippen LogP contribution in [0.1, 0.15) is 11.1 Å². The van der Waals surface area contributed by atoms with Crippen molar-refractivity contribution in [2.75, 3.05) is 0 Å². The molecule has 39 heavy (non-hydrogen) atoms. The van der Waals surface area contributed by atoms with E-state index in [4.69, 9.17) is 10.2 Å². The van der Waals surface area contributed by atoms with Gasteiger partial charge in [0.15, 0.2) is 0 Å². The molecule has 0 saturated carbocycles. The van der Waals surface area contributed by atoms with Gasteiger partial charge in [-0.25, -0.2) is 24.3 Å². The molecule has 0 aliphatic heterocycles. The maximum Gasteiger partial charge on any atom is 2.00 e. The average Bonchev–Trinajstić information content (AvgIpc) is 3.65. The monoisotopic (exact) mass is 588 g/mol. The van der Waals surface area contributed by atoms with Gasteiger partial charge in [-0.2, -0.15) is 35.4 Å². The van der Waals surface area contributed by atoms with Gasteiger partial charge in [-0.3, -0.25) is 0 Å². The third kappa shape index (κ3) is 12.0. The van der Waals surface area contributed by atoms with Crippen LogP contribution in [0.2, 0.25) is 0 Å². The van der Waals surface area contributed by atoms with Crippen LogP contribution in [-0.2, 0) is 26.2 Å². The van der Waals surface area contributed by atoms with Crippen LogP contribution in [0.4, 0.5) is 0 Å². The van der Waals surface area contributed by atoms with Gasteiger partial charge >= 0.3 is 26.2 Å². The maximum atomic E-state index is 9.10. The summed E-state index contributed by atoms with van der Waals surface area (Å²) < 4.78 is 0. The zero-order valence-electron chi connectivity index (χ0n) is 22.4. The summed E-state index contributed by atoms with van der Waals surface area (Å²) in [6, 6.07) is 51.1. The topological polar surface area (TPSA) is 40.5 Å². The molecule has 0 amide bonds. The molecule has 0 radical (unpaired) electrons. The number of rotatable bonds is 2. The van der Waals surface area contributed by atoms with E-state index in [1.54, 1.807) is 24.3 Å². The van der Waals surface area contributed by atoms with E-state index in [1.807, 2.05) is 109 Å². The maximum absolute atomic E-state index is 9.10. The van der Waals surface area contributed by atoms with Crippen LogP contribution in [0, 0.1) is 13.8 Å². The Morgan fingerprint density at radius 3 is 0.846 bits per heavy atom. The van der Waals surface area contributed by atoms with Crippen molar-refractivity contribution in [2.45, 2.75) is 13.8 Å². The van der Waals surface area contributed by atoms with Crippen LogP contribution in [-0.4, -0.2) is 10.2 Å². The number of phenols is 2. The van der Waals surface area contributed by atoms with E-state index in [0.717, 1.165) is 11.1 Å². The molecule has 6 aromatic carbocycles. The molecule has 0 aliphatic rings. The Morgan fingerprint density at radius 1 is 0.359 bits per heavy atom. The number of aryl methyl sites for hydroxylation is 2. The summed E-state index contributed by atoms with van der Waals surface area (Å²) in [6.45, 7) is 4.17. The summed E-state index contributed by atoms with van der Waals surface area (Å²) in [4.78, 5) is 0. The first-order valence-electron chi connectivity index (χ1n) is 12.6. The van der Waals surface area contributed by atoms with E-state index in [9.17, 15) is 0 Å².